The second-order valence-electron chi connectivity index (χ2n) is 4.95. The van der Waals surface area contributed by atoms with E-state index in [2.05, 4.69) is 29.5 Å². The van der Waals surface area contributed by atoms with Crippen molar-refractivity contribution in [1.29, 1.82) is 0 Å². The first-order chi connectivity index (χ1) is 7.56. The van der Waals surface area contributed by atoms with E-state index in [9.17, 15) is 4.79 Å². The molecule has 1 aliphatic rings. The quantitative estimate of drug-likeness (QED) is 0.744. The van der Waals surface area contributed by atoms with Gasteiger partial charge >= 0.3 is 0 Å². The minimum atomic E-state index is 0. The molecule has 1 fully saturated rings. The van der Waals surface area contributed by atoms with E-state index in [0.717, 1.165) is 19.1 Å². The minimum Gasteiger partial charge on any atom is -0.354 e. The molecule has 0 aromatic carbocycles. The molecule has 1 saturated carbocycles. The summed E-state index contributed by atoms with van der Waals surface area (Å²) in [6.07, 6.45) is 2.62. The Morgan fingerprint density at radius 3 is 2.28 bits per heavy atom. The summed E-state index contributed by atoms with van der Waals surface area (Å²) in [5, 5.41) is 6.03. The number of carbonyl (C=O) groups excluding carboxylic acids is 1. The molecule has 110 valence electrons. The number of likely N-dealkylation sites (N-methyl/N-ethyl adjacent to an activating group) is 1. The van der Waals surface area contributed by atoms with Crippen LogP contribution in [0.15, 0.2) is 0 Å². The third-order valence-corrected chi connectivity index (χ3v) is 3.35. The first-order valence-corrected chi connectivity index (χ1v) is 6.20. The zero-order valence-corrected chi connectivity index (χ0v) is 13.4. The number of hydrogen-bond donors (Lipinski definition) is 2. The van der Waals surface area contributed by atoms with Gasteiger partial charge in [0.25, 0.3) is 0 Å². The van der Waals surface area contributed by atoms with Crippen molar-refractivity contribution in [2.75, 3.05) is 27.2 Å². The summed E-state index contributed by atoms with van der Waals surface area (Å²) in [4.78, 5) is 14.0. The highest BCUT2D eigenvalue weighted by Crippen LogP contribution is 2.26. The predicted molar refractivity (Wildman–Crippen MR) is 80.8 cm³/mol. The number of nitrogens with one attached hydrogen (secondary N) is 2. The Morgan fingerprint density at radius 1 is 1.28 bits per heavy atom. The highest BCUT2D eigenvalue weighted by Gasteiger charge is 2.29. The van der Waals surface area contributed by atoms with Crippen molar-refractivity contribution in [3.63, 3.8) is 0 Å². The highest BCUT2D eigenvalue weighted by atomic mass is 35.5. The van der Waals surface area contributed by atoms with Crippen LogP contribution in [0, 0.1) is 5.92 Å². The molecule has 2 unspecified atom stereocenters. The summed E-state index contributed by atoms with van der Waals surface area (Å²) in [5.74, 6) is 0.189. The molecule has 0 aromatic rings. The number of rotatable bonds is 7. The Balaban J connectivity index is 0. The lowest BCUT2D eigenvalue weighted by molar-refractivity contribution is -0.124. The Bertz CT molecular complexity index is 237. The van der Waals surface area contributed by atoms with Gasteiger partial charge < -0.3 is 10.6 Å². The van der Waals surface area contributed by atoms with Crippen LogP contribution in [0.3, 0.4) is 0 Å². The Morgan fingerprint density at radius 2 is 1.83 bits per heavy atom. The van der Waals surface area contributed by atoms with Crippen molar-refractivity contribution in [2.24, 2.45) is 5.92 Å². The van der Waals surface area contributed by atoms with Gasteiger partial charge in [0.05, 0.1) is 0 Å². The van der Waals surface area contributed by atoms with E-state index in [1.807, 2.05) is 14.0 Å². The summed E-state index contributed by atoms with van der Waals surface area (Å²) in [6.45, 7) is 5.60. The van der Waals surface area contributed by atoms with Crippen molar-refractivity contribution in [1.82, 2.24) is 15.5 Å². The lowest BCUT2D eigenvalue weighted by Gasteiger charge is -2.25. The topological polar surface area (TPSA) is 44.4 Å². The molecule has 6 heteroatoms. The molecule has 1 rings (SSSR count). The molecular weight excluding hydrogens is 273 g/mol. The third kappa shape index (κ3) is 6.78. The van der Waals surface area contributed by atoms with Crippen molar-refractivity contribution in [3.8, 4) is 0 Å². The van der Waals surface area contributed by atoms with Crippen LogP contribution in [0.5, 0.6) is 0 Å². The zero-order valence-electron chi connectivity index (χ0n) is 11.7. The lowest BCUT2D eigenvalue weighted by Crippen LogP contribution is -2.43. The van der Waals surface area contributed by atoms with Gasteiger partial charge in [-0.1, -0.05) is 6.92 Å². The molecule has 0 radical (unpaired) electrons. The van der Waals surface area contributed by atoms with E-state index in [-0.39, 0.29) is 36.6 Å². The zero-order chi connectivity index (χ0) is 12.1. The molecular formula is C12H27Cl2N3O. The van der Waals surface area contributed by atoms with E-state index < -0.39 is 0 Å². The van der Waals surface area contributed by atoms with Crippen molar-refractivity contribution in [3.05, 3.63) is 0 Å². The second kappa shape index (κ2) is 9.84. The Hall–Kier alpha value is -0.0300. The fourth-order valence-corrected chi connectivity index (χ4v) is 1.81. The molecule has 0 bridgehead atoms. The minimum absolute atomic E-state index is 0. The molecule has 1 amide bonds. The molecule has 2 N–H and O–H groups in total. The number of carbonyl (C=O) groups is 1. The molecule has 1 aliphatic carbocycles. The molecule has 0 spiro atoms. The predicted octanol–water partition coefficient (Wildman–Crippen LogP) is 1.28. The first-order valence-electron chi connectivity index (χ1n) is 6.20. The molecule has 0 heterocycles. The Labute approximate surface area is 123 Å². The van der Waals surface area contributed by atoms with E-state index >= 15 is 0 Å². The number of hydrogen-bond acceptors (Lipinski definition) is 3. The number of nitrogens with zero attached hydrogens (tertiary/aromatic N) is 1. The van der Waals surface area contributed by atoms with Gasteiger partial charge in [0.15, 0.2) is 0 Å². The average Bonchev–Trinajstić information content (AvgIpc) is 3.08. The van der Waals surface area contributed by atoms with Crippen LogP contribution in [0.4, 0.5) is 0 Å². The van der Waals surface area contributed by atoms with E-state index in [0.29, 0.717) is 6.04 Å². The van der Waals surface area contributed by atoms with Crippen LogP contribution >= 0.6 is 24.8 Å². The Kier molecular flexibility index (Phi) is 11.1. The molecule has 4 nitrogen and oxygen atoms in total. The summed E-state index contributed by atoms with van der Waals surface area (Å²) < 4.78 is 0. The van der Waals surface area contributed by atoms with Gasteiger partial charge in [-0.25, -0.2) is 0 Å². The van der Waals surface area contributed by atoms with Gasteiger partial charge in [-0.2, -0.15) is 0 Å². The number of halogens is 2. The molecule has 0 aliphatic heterocycles. The van der Waals surface area contributed by atoms with Crippen molar-refractivity contribution < 1.29 is 4.79 Å². The average molecular weight is 300 g/mol. The van der Waals surface area contributed by atoms with Gasteiger partial charge in [0, 0.05) is 31.1 Å². The summed E-state index contributed by atoms with van der Waals surface area (Å²) in [5.41, 5.74) is 0. The molecule has 18 heavy (non-hydrogen) atoms. The highest BCUT2D eigenvalue weighted by molar-refractivity contribution is 5.85. The summed E-state index contributed by atoms with van der Waals surface area (Å²) >= 11 is 0. The SMILES string of the molecule is CNCC(C)C(=O)NCC(C)N(C)C1CC1.Cl.Cl. The summed E-state index contributed by atoms with van der Waals surface area (Å²) in [6, 6.07) is 1.18. The van der Waals surface area contributed by atoms with Gasteiger partial charge in [-0.05, 0) is 33.9 Å². The maximum atomic E-state index is 11.7. The van der Waals surface area contributed by atoms with Crippen molar-refractivity contribution in [2.45, 2.75) is 38.8 Å². The standard InChI is InChI=1S/C12H25N3O.2ClH/c1-9(7-13-3)12(16)14-8-10(2)15(4)11-5-6-11;;/h9-11,13H,5-8H2,1-4H3,(H,14,16);2*1H. The third-order valence-electron chi connectivity index (χ3n) is 3.35. The van der Waals surface area contributed by atoms with E-state index in [1.165, 1.54) is 12.8 Å². The molecule has 2 atom stereocenters. The van der Waals surface area contributed by atoms with Crippen LogP contribution in [0.1, 0.15) is 26.7 Å². The van der Waals surface area contributed by atoms with E-state index in [1.54, 1.807) is 0 Å². The maximum Gasteiger partial charge on any atom is 0.224 e. The second-order valence-corrected chi connectivity index (χ2v) is 4.95. The monoisotopic (exact) mass is 299 g/mol. The largest absolute Gasteiger partial charge is 0.354 e. The van der Waals surface area contributed by atoms with Gasteiger partial charge in [0.1, 0.15) is 0 Å². The van der Waals surface area contributed by atoms with E-state index in [4.69, 9.17) is 0 Å². The normalized spacial score (nSPS) is 17.4. The lowest BCUT2D eigenvalue weighted by atomic mass is 10.1. The smallest absolute Gasteiger partial charge is 0.224 e. The van der Waals surface area contributed by atoms with Crippen LogP contribution < -0.4 is 10.6 Å². The van der Waals surface area contributed by atoms with Gasteiger partial charge in [-0.15, -0.1) is 24.8 Å². The maximum absolute atomic E-state index is 11.7. The van der Waals surface area contributed by atoms with Gasteiger partial charge in [-0.3, -0.25) is 9.69 Å². The van der Waals surface area contributed by atoms with Crippen LogP contribution in [0.25, 0.3) is 0 Å². The summed E-state index contributed by atoms with van der Waals surface area (Å²) in [7, 11) is 4.01. The van der Waals surface area contributed by atoms with Crippen molar-refractivity contribution >= 4 is 30.7 Å². The van der Waals surface area contributed by atoms with Gasteiger partial charge in [0.2, 0.25) is 5.91 Å². The molecule has 0 aromatic heterocycles. The van der Waals surface area contributed by atoms with Crippen LogP contribution in [-0.4, -0.2) is 50.1 Å². The fourth-order valence-electron chi connectivity index (χ4n) is 1.81. The number of amides is 1. The molecule has 0 saturated heterocycles. The van der Waals surface area contributed by atoms with Crippen LogP contribution in [0.2, 0.25) is 0 Å². The fraction of sp³-hybridized carbons (Fsp3) is 0.917. The van der Waals surface area contributed by atoms with Crippen LogP contribution in [-0.2, 0) is 4.79 Å². The first kappa shape index (κ1) is 20.3.